The Morgan fingerprint density at radius 2 is 1.58 bits per heavy atom. The van der Waals surface area contributed by atoms with Gasteiger partial charge in [0.05, 0.1) is 6.61 Å². The van der Waals surface area contributed by atoms with Crippen LogP contribution >= 0.6 is 0 Å². The van der Waals surface area contributed by atoms with Crippen molar-refractivity contribution in [3.8, 4) is 0 Å². The summed E-state index contributed by atoms with van der Waals surface area (Å²) in [5, 5.41) is 2.35. The van der Waals surface area contributed by atoms with Crippen LogP contribution in [0.3, 0.4) is 0 Å². The van der Waals surface area contributed by atoms with E-state index in [-0.39, 0.29) is 18.8 Å². The first-order valence-corrected chi connectivity index (χ1v) is 9.31. The molecule has 1 heterocycles. The molecule has 6 nitrogen and oxygen atoms in total. The zero-order valence-corrected chi connectivity index (χ0v) is 14.8. The number of esters is 2. The van der Waals surface area contributed by atoms with E-state index in [1.807, 2.05) is 0 Å². The zero-order valence-electron chi connectivity index (χ0n) is 14.8. The van der Waals surface area contributed by atoms with Crippen LogP contribution in [0.2, 0.25) is 0 Å². The monoisotopic (exact) mass is 341 g/mol. The summed E-state index contributed by atoms with van der Waals surface area (Å²) in [7, 11) is 0. The Bertz CT molecular complexity index is 397. The van der Waals surface area contributed by atoms with Crippen LogP contribution < -0.4 is 5.32 Å². The Hall–Kier alpha value is -1.59. The van der Waals surface area contributed by atoms with Crippen LogP contribution in [-0.4, -0.2) is 30.7 Å². The van der Waals surface area contributed by atoms with Gasteiger partial charge in [0, 0.05) is 6.42 Å². The molecule has 24 heavy (non-hydrogen) atoms. The number of carbonyl (C=O) groups is 3. The van der Waals surface area contributed by atoms with Crippen molar-refractivity contribution in [3.05, 3.63) is 0 Å². The normalized spacial score (nSPS) is 16.8. The summed E-state index contributed by atoms with van der Waals surface area (Å²) in [5.74, 6) is -0.956. The molecular formula is C18H31NO5. The number of rotatable bonds is 14. The highest BCUT2D eigenvalue weighted by Crippen LogP contribution is 2.11. The fourth-order valence-corrected chi connectivity index (χ4v) is 2.69. The fourth-order valence-electron chi connectivity index (χ4n) is 2.69. The number of hydrogen-bond acceptors (Lipinski definition) is 5. The molecule has 0 saturated carbocycles. The van der Waals surface area contributed by atoms with Crippen LogP contribution in [-0.2, 0) is 19.1 Å². The van der Waals surface area contributed by atoms with E-state index < -0.39 is 18.1 Å². The van der Waals surface area contributed by atoms with Crippen LogP contribution in [0.1, 0.15) is 84.0 Å². The highest BCUT2D eigenvalue weighted by atomic mass is 16.6. The topological polar surface area (TPSA) is 81.7 Å². The van der Waals surface area contributed by atoms with Gasteiger partial charge in [0.15, 0.2) is 0 Å². The van der Waals surface area contributed by atoms with Crippen molar-refractivity contribution in [2.45, 2.75) is 90.0 Å². The lowest BCUT2D eigenvalue weighted by Crippen LogP contribution is -2.29. The van der Waals surface area contributed by atoms with Gasteiger partial charge in [0.1, 0.15) is 6.04 Å². The number of alkyl carbamates (subject to hydrolysis) is 1. The Kier molecular flexibility index (Phi) is 10.9. The maximum Gasteiger partial charge on any atom is 0.415 e. The molecule has 0 aromatic carbocycles. The molecule has 1 fully saturated rings. The van der Waals surface area contributed by atoms with E-state index in [4.69, 9.17) is 4.74 Å². The van der Waals surface area contributed by atoms with Crippen LogP contribution in [0.4, 0.5) is 4.79 Å². The molecular weight excluding hydrogens is 310 g/mol. The van der Waals surface area contributed by atoms with E-state index in [0.717, 1.165) is 12.8 Å². The van der Waals surface area contributed by atoms with Gasteiger partial charge in [-0.05, 0) is 12.8 Å². The lowest BCUT2D eigenvalue weighted by Gasteiger charge is -2.07. The molecule has 0 bridgehead atoms. The van der Waals surface area contributed by atoms with Gasteiger partial charge in [0.2, 0.25) is 0 Å². The minimum absolute atomic E-state index is 0.109. The minimum atomic E-state index is -0.747. The van der Waals surface area contributed by atoms with Crippen molar-refractivity contribution in [3.63, 3.8) is 0 Å². The minimum Gasteiger partial charge on any atom is -0.466 e. The molecule has 0 aromatic rings. The smallest absolute Gasteiger partial charge is 0.415 e. The Labute approximate surface area is 144 Å². The van der Waals surface area contributed by atoms with Gasteiger partial charge in [-0.2, -0.15) is 0 Å². The van der Waals surface area contributed by atoms with Crippen molar-refractivity contribution >= 4 is 18.0 Å². The number of carbonyl (C=O) groups excluding carboxylic acids is 3. The number of ether oxygens (including phenoxy) is 2. The summed E-state index contributed by atoms with van der Waals surface area (Å²) in [5.41, 5.74) is 0. The van der Waals surface area contributed by atoms with Crippen molar-refractivity contribution in [2.24, 2.45) is 0 Å². The second-order valence-electron chi connectivity index (χ2n) is 6.35. The SMILES string of the molecule is CCCCCCCCCCCCOC(=O)CC[C@@H]1NC(=O)OC1=O. The number of cyclic esters (lactones) is 2. The van der Waals surface area contributed by atoms with Crippen LogP contribution in [0.15, 0.2) is 0 Å². The van der Waals surface area contributed by atoms with Crippen LogP contribution in [0.5, 0.6) is 0 Å². The first-order chi connectivity index (χ1) is 11.6. The van der Waals surface area contributed by atoms with E-state index in [1.54, 1.807) is 0 Å². The van der Waals surface area contributed by atoms with Crippen molar-refractivity contribution in [1.29, 1.82) is 0 Å². The number of amides is 1. The quantitative estimate of drug-likeness (QED) is 0.295. The maximum atomic E-state index is 11.6. The van der Waals surface area contributed by atoms with Crippen LogP contribution in [0, 0.1) is 0 Å². The molecule has 0 aromatic heterocycles. The van der Waals surface area contributed by atoms with Gasteiger partial charge in [-0.25, -0.2) is 9.59 Å². The molecule has 1 aliphatic rings. The molecule has 138 valence electrons. The summed E-state index contributed by atoms with van der Waals surface area (Å²) in [6.07, 6.45) is 11.9. The molecule has 0 unspecified atom stereocenters. The lowest BCUT2D eigenvalue weighted by atomic mass is 10.1. The Morgan fingerprint density at radius 1 is 1.00 bits per heavy atom. The molecule has 0 aliphatic carbocycles. The van der Waals surface area contributed by atoms with E-state index in [2.05, 4.69) is 17.0 Å². The summed E-state index contributed by atoms with van der Waals surface area (Å²) in [6, 6.07) is -0.720. The van der Waals surface area contributed by atoms with Gasteiger partial charge in [0.25, 0.3) is 0 Å². The third kappa shape index (κ3) is 9.53. The van der Waals surface area contributed by atoms with Gasteiger partial charge >= 0.3 is 18.0 Å². The van der Waals surface area contributed by atoms with Gasteiger partial charge in [-0.15, -0.1) is 0 Å². The van der Waals surface area contributed by atoms with Crippen molar-refractivity contribution in [1.82, 2.24) is 5.32 Å². The maximum absolute atomic E-state index is 11.6. The first-order valence-electron chi connectivity index (χ1n) is 9.31. The molecule has 1 amide bonds. The number of hydrogen-bond donors (Lipinski definition) is 1. The van der Waals surface area contributed by atoms with Crippen molar-refractivity contribution < 1.29 is 23.9 Å². The van der Waals surface area contributed by atoms with E-state index >= 15 is 0 Å². The predicted octanol–water partition coefficient (Wildman–Crippen LogP) is 3.87. The molecule has 6 heteroatoms. The third-order valence-corrected chi connectivity index (χ3v) is 4.17. The number of nitrogens with one attached hydrogen (secondary N) is 1. The van der Waals surface area contributed by atoms with E-state index in [0.29, 0.717) is 6.61 Å². The zero-order chi connectivity index (χ0) is 17.6. The van der Waals surface area contributed by atoms with Gasteiger partial charge in [-0.3, -0.25) is 4.79 Å². The lowest BCUT2D eigenvalue weighted by molar-refractivity contribution is -0.144. The molecule has 1 saturated heterocycles. The Balaban J connectivity index is 1.86. The highest BCUT2D eigenvalue weighted by molar-refractivity contribution is 5.95. The average Bonchev–Trinajstić information content (AvgIpc) is 2.88. The molecule has 1 atom stereocenters. The van der Waals surface area contributed by atoms with E-state index in [1.165, 1.54) is 51.4 Å². The standard InChI is InChI=1S/C18H31NO5/c1-2-3-4-5-6-7-8-9-10-11-14-23-16(20)13-12-15-17(21)24-18(22)19-15/h15H,2-14H2,1H3,(H,19,22)/t15-/m0/s1. The molecule has 1 aliphatic heterocycles. The van der Waals surface area contributed by atoms with Crippen LogP contribution in [0.25, 0.3) is 0 Å². The van der Waals surface area contributed by atoms with E-state index in [9.17, 15) is 14.4 Å². The molecule has 1 N–H and O–H groups in total. The van der Waals surface area contributed by atoms with Crippen molar-refractivity contribution in [2.75, 3.05) is 6.61 Å². The number of unbranched alkanes of at least 4 members (excludes halogenated alkanes) is 9. The fraction of sp³-hybridized carbons (Fsp3) is 0.833. The molecule has 1 rings (SSSR count). The van der Waals surface area contributed by atoms with Gasteiger partial charge < -0.3 is 14.8 Å². The summed E-state index contributed by atoms with van der Waals surface area (Å²) < 4.78 is 9.47. The second-order valence-corrected chi connectivity index (χ2v) is 6.35. The van der Waals surface area contributed by atoms with Gasteiger partial charge in [-0.1, -0.05) is 64.7 Å². The Morgan fingerprint density at radius 3 is 2.12 bits per heavy atom. The largest absolute Gasteiger partial charge is 0.466 e. The third-order valence-electron chi connectivity index (χ3n) is 4.17. The summed E-state index contributed by atoms with van der Waals surface area (Å²) >= 11 is 0. The average molecular weight is 341 g/mol. The molecule has 0 spiro atoms. The second kappa shape index (κ2) is 12.8. The highest BCUT2D eigenvalue weighted by Gasteiger charge is 2.32. The summed E-state index contributed by atoms with van der Waals surface area (Å²) in [6.45, 7) is 2.66. The molecule has 0 radical (unpaired) electrons. The summed E-state index contributed by atoms with van der Waals surface area (Å²) in [4.78, 5) is 33.6. The first kappa shape index (κ1) is 20.5. The predicted molar refractivity (Wildman–Crippen MR) is 90.4 cm³/mol.